The van der Waals surface area contributed by atoms with Crippen molar-refractivity contribution in [3.05, 3.63) is 58.8 Å². The van der Waals surface area contributed by atoms with Crippen LogP contribution >= 0.6 is 11.6 Å². The molecule has 2 aromatic rings. The van der Waals surface area contributed by atoms with Crippen LogP contribution < -0.4 is 10.3 Å². The van der Waals surface area contributed by atoms with Crippen LogP contribution in [0, 0.1) is 11.8 Å². The van der Waals surface area contributed by atoms with Gasteiger partial charge in [-0.1, -0.05) is 17.9 Å². The van der Waals surface area contributed by atoms with Gasteiger partial charge in [-0.15, -0.1) is 11.6 Å². The second kappa shape index (κ2) is 8.13. The van der Waals surface area contributed by atoms with Gasteiger partial charge in [0.2, 0.25) is 0 Å². The molecule has 0 aliphatic rings. The molecule has 2 rings (SSSR count). The van der Waals surface area contributed by atoms with Crippen LogP contribution in [-0.2, 0) is 6.54 Å². The summed E-state index contributed by atoms with van der Waals surface area (Å²) in [7, 11) is 0. The standard InChI is InChI=1S/C16H15ClN2O2/c17-7-3-1-5-14-11-15(13-18-12-14)21-10-9-19-8-4-2-6-16(19)20/h2,4,6,8,11-13H,3,7,9-10H2. The number of ether oxygens (including phenoxy) is 1. The lowest BCUT2D eigenvalue weighted by Gasteiger charge is -2.07. The van der Waals surface area contributed by atoms with Crippen molar-refractivity contribution in [1.82, 2.24) is 9.55 Å². The highest BCUT2D eigenvalue weighted by Gasteiger charge is 1.98. The smallest absolute Gasteiger partial charge is 0.250 e. The summed E-state index contributed by atoms with van der Waals surface area (Å²) in [6.07, 6.45) is 5.68. The molecule has 0 aromatic carbocycles. The summed E-state index contributed by atoms with van der Waals surface area (Å²) in [5, 5.41) is 0. The molecule has 0 aliphatic heterocycles. The Labute approximate surface area is 128 Å². The quantitative estimate of drug-likeness (QED) is 0.629. The normalized spacial score (nSPS) is 9.76. The zero-order chi connectivity index (χ0) is 14.9. The molecular formula is C16H15ClN2O2. The van der Waals surface area contributed by atoms with Crippen LogP contribution in [0.5, 0.6) is 5.75 Å². The Bertz CT molecular complexity index is 701. The molecule has 0 unspecified atom stereocenters. The number of hydrogen-bond donors (Lipinski definition) is 0. The average Bonchev–Trinajstić information content (AvgIpc) is 2.50. The van der Waals surface area contributed by atoms with Gasteiger partial charge in [-0.2, -0.15) is 0 Å². The van der Waals surface area contributed by atoms with Crippen molar-refractivity contribution in [3.8, 4) is 17.6 Å². The van der Waals surface area contributed by atoms with E-state index in [1.54, 1.807) is 29.2 Å². The van der Waals surface area contributed by atoms with Crippen LogP contribution in [0.2, 0.25) is 0 Å². The summed E-state index contributed by atoms with van der Waals surface area (Å²) in [5.74, 6) is 7.07. The molecule has 0 bridgehead atoms. The maximum Gasteiger partial charge on any atom is 0.250 e. The van der Waals surface area contributed by atoms with E-state index in [2.05, 4.69) is 16.8 Å². The third-order valence-corrected chi connectivity index (χ3v) is 2.85. The summed E-state index contributed by atoms with van der Waals surface area (Å²) >= 11 is 5.57. The first kappa shape index (κ1) is 15.1. The first-order valence-corrected chi connectivity index (χ1v) is 7.11. The van der Waals surface area contributed by atoms with Gasteiger partial charge in [-0.3, -0.25) is 9.78 Å². The molecule has 4 nitrogen and oxygen atoms in total. The van der Waals surface area contributed by atoms with Gasteiger partial charge in [-0.25, -0.2) is 0 Å². The molecule has 2 heterocycles. The highest BCUT2D eigenvalue weighted by atomic mass is 35.5. The Balaban J connectivity index is 1.92. The van der Waals surface area contributed by atoms with Crippen LogP contribution in [-0.4, -0.2) is 22.0 Å². The molecule has 2 aromatic heterocycles. The van der Waals surface area contributed by atoms with Crippen LogP contribution in [0.4, 0.5) is 0 Å². The molecule has 0 atom stereocenters. The number of rotatable bonds is 5. The molecular weight excluding hydrogens is 288 g/mol. The third-order valence-electron chi connectivity index (χ3n) is 2.67. The highest BCUT2D eigenvalue weighted by molar-refractivity contribution is 6.18. The highest BCUT2D eigenvalue weighted by Crippen LogP contribution is 2.10. The molecule has 21 heavy (non-hydrogen) atoms. The molecule has 0 radical (unpaired) electrons. The lowest BCUT2D eigenvalue weighted by Crippen LogP contribution is -2.21. The van der Waals surface area contributed by atoms with Crippen molar-refractivity contribution in [2.24, 2.45) is 0 Å². The fraction of sp³-hybridized carbons (Fsp3) is 0.250. The number of alkyl halides is 1. The van der Waals surface area contributed by atoms with Crippen molar-refractivity contribution >= 4 is 11.6 Å². The van der Waals surface area contributed by atoms with Crippen LogP contribution in [0.25, 0.3) is 0 Å². The maximum absolute atomic E-state index is 11.5. The molecule has 0 spiro atoms. The predicted octanol–water partition coefficient (Wildman–Crippen LogP) is 2.30. The molecule has 0 fully saturated rings. The minimum Gasteiger partial charge on any atom is -0.490 e. The van der Waals surface area contributed by atoms with Crippen molar-refractivity contribution in [2.45, 2.75) is 13.0 Å². The SMILES string of the molecule is O=c1ccccn1CCOc1cncc(C#CCCCl)c1. The van der Waals surface area contributed by atoms with Crippen LogP contribution in [0.3, 0.4) is 0 Å². The molecule has 0 aliphatic carbocycles. The Kier molecular flexibility index (Phi) is 5.86. The van der Waals surface area contributed by atoms with E-state index >= 15 is 0 Å². The Morgan fingerprint density at radius 2 is 2.24 bits per heavy atom. The Morgan fingerprint density at radius 3 is 3.05 bits per heavy atom. The third kappa shape index (κ3) is 4.97. The van der Waals surface area contributed by atoms with E-state index in [0.717, 1.165) is 5.56 Å². The van der Waals surface area contributed by atoms with Crippen LogP contribution in [0.1, 0.15) is 12.0 Å². The maximum atomic E-state index is 11.5. The van der Waals surface area contributed by atoms with E-state index in [4.69, 9.17) is 16.3 Å². The van der Waals surface area contributed by atoms with E-state index in [9.17, 15) is 4.79 Å². The first-order chi connectivity index (χ1) is 10.3. The summed E-state index contributed by atoms with van der Waals surface area (Å²) in [6, 6.07) is 6.87. The summed E-state index contributed by atoms with van der Waals surface area (Å²) in [4.78, 5) is 15.6. The predicted molar refractivity (Wildman–Crippen MR) is 82.6 cm³/mol. The van der Waals surface area contributed by atoms with Crippen LogP contribution in [0.15, 0.2) is 47.7 Å². The fourth-order valence-corrected chi connectivity index (χ4v) is 1.78. The summed E-state index contributed by atoms with van der Waals surface area (Å²) in [5.41, 5.74) is 0.745. The molecule has 5 heteroatoms. The molecule has 108 valence electrons. The summed E-state index contributed by atoms with van der Waals surface area (Å²) < 4.78 is 7.19. The second-order valence-corrected chi connectivity index (χ2v) is 4.61. The van der Waals surface area contributed by atoms with Gasteiger partial charge in [0, 0.05) is 36.3 Å². The van der Waals surface area contributed by atoms with Gasteiger partial charge >= 0.3 is 0 Å². The number of hydrogen-bond acceptors (Lipinski definition) is 3. The number of nitrogens with zero attached hydrogens (tertiary/aromatic N) is 2. The zero-order valence-corrected chi connectivity index (χ0v) is 12.2. The van der Waals surface area contributed by atoms with E-state index in [1.165, 1.54) is 6.07 Å². The number of halogens is 1. The monoisotopic (exact) mass is 302 g/mol. The van der Waals surface area contributed by atoms with Crippen molar-refractivity contribution in [1.29, 1.82) is 0 Å². The Hall–Kier alpha value is -2.25. The zero-order valence-electron chi connectivity index (χ0n) is 11.5. The van der Waals surface area contributed by atoms with Crippen molar-refractivity contribution in [2.75, 3.05) is 12.5 Å². The first-order valence-electron chi connectivity index (χ1n) is 6.58. The van der Waals surface area contributed by atoms with Crippen molar-refractivity contribution < 1.29 is 4.74 Å². The van der Waals surface area contributed by atoms with Gasteiger partial charge in [0.25, 0.3) is 5.56 Å². The summed E-state index contributed by atoms with van der Waals surface area (Å²) in [6.45, 7) is 0.881. The van der Waals surface area contributed by atoms with E-state index in [-0.39, 0.29) is 5.56 Å². The van der Waals surface area contributed by atoms with Gasteiger partial charge in [0.1, 0.15) is 12.4 Å². The van der Waals surface area contributed by atoms with E-state index < -0.39 is 0 Å². The number of aromatic nitrogens is 2. The van der Waals surface area contributed by atoms with Gasteiger partial charge in [-0.05, 0) is 12.1 Å². The molecule has 0 saturated carbocycles. The second-order valence-electron chi connectivity index (χ2n) is 4.23. The largest absolute Gasteiger partial charge is 0.490 e. The fourth-order valence-electron chi connectivity index (χ4n) is 1.69. The lowest BCUT2D eigenvalue weighted by molar-refractivity contribution is 0.295. The van der Waals surface area contributed by atoms with Gasteiger partial charge in [0.05, 0.1) is 12.7 Å². The van der Waals surface area contributed by atoms with Gasteiger partial charge < -0.3 is 9.30 Å². The lowest BCUT2D eigenvalue weighted by atomic mass is 10.3. The minimum atomic E-state index is -0.0417. The van der Waals surface area contributed by atoms with Gasteiger partial charge in [0.15, 0.2) is 0 Å². The molecule has 0 amide bonds. The average molecular weight is 303 g/mol. The molecule has 0 N–H and O–H groups in total. The molecule has 0 saturated heterocycles. The topological polar surface area (TPSA) is 44.1 Å². The number of pyridine rings is 2. The van der Waals surface area contributed by atoms with E-state index in [0.29, 0.717) is 31.2 Å². The van der Waals surface area contributed by atoms with E-state index in [1.807, 2.05) is 12.1 Å². The Morgan fingerprint density at radius 1 is 1.33 bits per heavy atom. The minimum absolute atomic E-state index is 0.0417. The van der Waals surface area contributed by atoms with Crippen molar-refractivity contribution in [3.63, 3.8) is 0 Å².